The summed E-state index contributed by atoms with van der Waals surface area (Å²) < 4.78 is 4.97. The van der Waals surface area contributed by atoms with Crippen LogP contribution < -0.4 is 4.74 Å². The minimum Gasteiger partial charge on any atom is -0.500 e. The second-order valence-corrected chi connectivity index (χ2v) is 2.31. The molecular formula is C8H9NO4. The summed E-state index contributed by atoms with van der Waals surface area (Å²) in [5.74, 6) is -0.286. The Morgan fingerprint density at radius 3 is 2.85 bits per heavy atom. The predicted octanol–water partition coefficient (Wildman–Crippen LogP) is 1.70. The Hall–Kier alpha value is -1.78. The Bertz CT molecular complexity index is 324. The number of hydrogen-bond donors (Lipinski definition) is 1. The standard InChI is InChI=1S/C8H9NO4/c1-2-13-7-5-3-4-6(8(7)10)9(11)12/h3-5,10H,2H2,1H3. The van der Waals surface area contributed by atoms with Gasteiger partial charge in [-0.3, -0.25) is 10.1 Å². The molecule has 1 aromatic carbocycles. The van der Waals surface area contributed by atoms with Crippen LogP contribution in [0.5, 0.6) is 11.5 Å². The number of rotatable bonds is 3. The SMILES string of the molecule is CCOc1cccc([N+](=O)[O-])c1O. The Labute approximate surface area is 74.7 Å². The number of benzene rings is 1. The van der Waals surface area contributed by atoms with E-state index in [9.17, 15) is 15.2 Å². The van der Waals surface area contributed by atoms with E-state index in [1.165, 1.54) is 18.2 Å². The van der Waals surface area contributed by atoms with E-state index in [1.54, 1.807) is 6.92 Å². The second kappa shape index (κ2) is 3.75. The van der Waals surface area contributed by atoms with E-state index in [2.05, 4.69) is 0 Å². The molecule has 0 aromatic heterocycles. The van der Waals surface area contributed by atoms with Gasteiger partial charge >= 0.3 is 5.69 Å². The molecule has 0 aliphatic carbocycles. The van der Waals surface area contributed by atoms with Gasteiger partial charge in [-0.05, 0) is 13.0 Å². The molecule has 0 amide bonds. The first-order valence-corrected chi connectivity index (χ1v) is 3.76. The smallest absolute Gasteiger partial charge is 0.314 e. The molecule has 0 bridgehead atoms. The average Bonchev–Trinajstić information content (AvgIpc) is 2.08. The highest BCUT2D eigenvalue weighted by Gasteiger charge is 2.16. The fourth-order valence-corrected chi connectivity index (χ4v) is 0.930. The number of nitrogens with zero attached hydrogens (tertiary/aromatic N) is 1. The lowest BCUT2D eigenvalue weighted by Crippen LogP contribution is -1.94. The topological polar surface area (TPSA) is 72.6 Å². The summed E-state index contributed by atoms with van der Waals surface area (Å²) in [5, 5.41) is 19.7. The lowest BCUT2D eigenvalue weighted by molar-refractivity contribution is -0.386. The van der Waals surface area contributed by atoms with Crippen molar-refractivity contribution in [3.05, 3.63) is 28.3 Å². The van der Waals surface area contributed by atoms with E-state index in [0.29, 0.717) is 6.61 Å². The minimum absolute atomic E-state index is 0.136. The largest absolute Gasteiger partial charge is 0.500 e. The number of phenolic OH excluding ortho intramolecular Hbond substituents is 1. The quantitative estimate of drug-likeness (QED) is 0.571. The Morgan fingerprint density at radius 2 is 2.31 bits per heavy atom. The van der Waals surface area contributed by atoms with Crippen molar-refractivity contribution in [2.45, 2.75) is 6.92 Å². The lowest BCUT2D eigenvalue weighted by atomic mass is 10.3. The number of aromatic hydroxyl groups is 1. The van der Waals surface area contributed by atoms with Gasteiger partial charge in [0.2, 0.25) is 5.75 Å². The molecule has 0 aliphatic rings. The summed E-state index contributed by atoms with van der Waals surface area (Å²) in [7, 11) is 0. The highest BCUT2D eigenvalue weighted by atomic mass is 16.6. The molecule has 0 atom stereocenters. The molecule has 5 heteroatoms. The summed E-state index contributed by atoms with van der Waals surface area (Å²) in [6, 6.07) is 4.16. The van der Waals surface area contributed by atoms with Crippen molar-refractivity contribution in [2.24, 2.45) is 0 Å². The molecule has 0 fully saturated rings. The normalized spacial score (nSPS) is 9.62. The van der Waals surface area contributed by atoms with Crippen LogP contribution in [-0.2, 0) is 0 Å². The fraction of sp³-hybridized carbons (Fsp3) is 0.250. The van der Waals surface area contributed by atoms with Crippen molar-refractivity contribution >= 4 is 5.69 Å². The van der Waals surface area contributed by atoms with Gasteiger partial charge in [-0.25, -0.2) is 0 Å². The number of nitro benzene ring substituents is 1. The molecule has 1 aromatic rings. The Kier molecular flexibility index (Phi) is 2.69. The van der Waals surface area contributed by atoms with Crippen LogP contribution in [0.15, 0.2) is 18.2 Å². The molecule has 13 heavy (non-hydrogen) atoms. The highest BCUT2D eigenvalue weighted by Crippen LogP contribution is 2.34. The Balaban J connectivity index is 3.10. The van der Waals surface area contributed by atoms with Gasteiger partial charge in [-0.1, -0.05) is 6.07 Å². The predicted molar refractivity (Wildman–Crippen MR) is 45.9 cm³/mol. The van der Waals surface area contributed by atoms with Crippen molar-refractivity contribution in [3.63, 3.8) is 0 Å². The average molecular weight is 183 g/mol. The first-order chi connectivity index (χ1) is 6.16. The van der Waals surface area contributed by atoms with Crippen LogP contribution >= 0.6 is 0 Å². The van der Waals surface area contributed by atoms with Crippen LogP contribution in [0.25, 0.3) is 0 Å². The van der Waals surface area contributed by atoms with Crippen LogP contribution in [0.4, 0.5) is 5.69 Å². The minimum atomic E-state index is -0.655. The maximum absolute atomic E-state index is 10.4. The zero-order valence-corrected chi connectivity index (χ0v) is 7.06. The summed E-state index contributed by atoms with van der Waals surface area (Å²) >= 11 is 0. The molecule has 1 N–H and O–H groups in total. The fourth-order valence-electron chi connectivity index (χ4n) is 0.930. The third kappa shape index (κ3) is 1.87. The van der Waals surface area contributed by atoms with Crippen LogP contribution in [0.1, 0.15) is 6.92 Å². The zero-order valence-electron chi connectivity index (χ0n) is 7.06. The molecule has 1 rings (SSSR count). The third-order valence-corrected chi connectivity index (χ3v) is 1.47. The second-order valence-electron chi connectivity index (χ2n) is 2.31. The summed E-state index contributed by atoms with van der Waals surface area (Å²) in [6.07, 6.45) is 0. The van der Waals surface area contributed by atoms with Gasteiger partial charge in [0.05, 0.1) is 11.5 Å². The number of ether oxygens (including phenoxy) is 1. The molecule has 0 radical (unpaired) electrons. The van der Waals surface area contributed by atoms with Gasteiger partial charge < -0.3 is 9.84 Å². The maximum Gasteiger partial charge on any atom is 0.314 e. The van der Waals surface area contributed by atoms with Gasteiger partial charge in [0.15, 0.2) is 5.75 Å². The molecule has 5 nitrogen and oxygen atoms in total. The number of nitro groups is 1. The zero-order chi connectivity index (χ0) is 9.84. The van der Waals surface area contributed by atoms with E-state index in [-0.39, 0.29) is 11.4 Å². The van der Waals surface area contributed by atoms with Gasteiger partial charge in [-0.15, -0.1) is 0 Å². The van der Waals surface area contributed by atoms with E-state index in [1.807, 2.05) is 0 Å². The van der Waals surface area contributed by atoms with Crippen LogP contribution in [0.2, 0.25) is 0 Å². The van der Waals surface area contributed by atoms with Crippen LogP contribution in [0.3, 0.4) is 0 Å². The van der Waals surface area contributed by atoms with E-state index >= 15 is 0 Å². The van der Waals surface area contributed by atoms with Crippen molar-refractivity contribution in [3.8, 4) is 11.5 Å². The van der Waals surface area contributed by atoms with Crippen LogP contribution in [-0.4, -0.2) is 16.6 Å². The highest BCUT2D eigenvalue weighted by molar-refractivity contribution is 5.54. The van der Waals surface area contributed by atoms with E-state index in [4.69, 9.17) is 4.74 Å². The molecular weight excluding hydrogens is 174 g/mol. The molecule has 0 heterocycles. The van der Waals surface area contributed by atoms with Gasteiger partial charge in [0, 0.05) is 6.07 Å². The summed E-state index contributed by atoms with van der Waals surface area (Å²) in [4.78, 5) is 9.71. The molecule has 0 unspecified atom stereocenters. The summed E-state index contributed by atoms with van der Waals surface area (Å²) in [6.45, 7) is 2.09. The van der Waals surface area contributed by atoms with E-state index in [0.717, 1.165) is 0 Å². The number of para-hydroxylation sites is 1. The van der Waals surface area contributed by atoms with Crippen LogP contribution in [0, 0.1) is 10.1 Å². The molecule has 0 aliphatic heterocycles. The number of hydrogen-bond acceptors (Lipinski definition) is 4. The van der Waals surface area contributed by atoms with Gasteiger partial charge in [0.25, 0.3) is 0 Å². The van der Waals surface area contributed by atoms with Crippen molar-refractivity contribution in [2.75, 3.05) is 6.61 Å². The maximum atomic E-state index is 10.4. The summed E-state index contributed by atoms with van der Waals surface area (Å²) in [5.41, 5.74) is -0.342. The lowest BCUT2D eigenvalue weighted by Gasteiger charge is -2.04. The third-order valence-electron chi connectivity index (χ3n) is 1.47. The monoisotopic (exact) mass is 183 g/mol. The van der Waals surface area contributed by atoms with Crippen molar-refractivity contribution < 1.29 is 14.8 Å². The Morgan fingerprint density at radius 1 is 1.62 bits per heavy atom. The molecule has 0 spiro atoms. The van der Waals surface area contributed by atoms with E-state index < -0.39 is 10.7 Å². The van der Waals surface area contributed by atoms with Crippen molar-refractivity contribution in [1.29, 1.82) is 0 Å². The first kappa shape index (κ1) is 9.31. The van der Waals surface area contributed by atoms with Crippen molar-refractivity contribution in [1.82, 2.24) is 0 Å². The first-order valence-electron chi connectivity index (χ1n) is 3.76. The van der Waals surface area contributed by atoms with Gasteiger partial charge in [0.1, 0.15) is 0 Å². The molecule has 0 saturated carbocycles. The number of phenols is 1. The van der Waals surface area contributed by atoms with Gasteiger partial charge in [-0.2, -0.15) is 0 Å². The molecule has 70 valence electrons. The molecule has 0 saturated heterocycles.